The molecule has 0 amide bonds. The van der Waals surface area contributed by atoms with Gasteiger partial charge < -0.3 is 5.32 Å². The van der Waals surface area contributed by atoms with Gasteiger partial charge in [-0.25, -0.2) is 0 Å². The van der Waals surface area contributed by atoms with E-state index in [2.05, 4.69) is 49.5 Å². The zero-order valence-electron chi connectivity index (χ0n) is 9.08. The number of rotatable bonds is 3. The van der Waals surface area contributed by atoms with E-state index in [0.717, 1.165) is 6.54 Å². The molecule has 0 atom stereocenters. The third-order valence-electron chi connectivity index (χ3n) is 2.48. The Kier molecular flexibility index (Phi) is 3.07. The van der Waals surface area contributed by atoms with Crippen LogP contribution in [0.5, 0.6) is 0 Å². The normalized spacial score (nSPS) is 10.3. The molecule has 1 aromatic carbocycles. The summed E-state index contributed by atoms with van der Waals surface area (Å²) < 4.78 is 0. The zero-order chi connectivity index (χ0) is 10.7. The van der Waals surface area contributed by atoms with Crippen LogP contribution < -0.4 is 5.32 Å². The van der Waals surface area contributed by atoms with Crippen molar-refractivity contribution in [2.24, 2.45) is 0 Å². The largest absolute Gasteiger partial charge is 0.373 e. The number of anilines is 1. The van der Waals surface area contributed by atoms with Crippen molar-refractivity contribution < 1.29 is 0 Å². The lowest BCUT2D eigenvalue weighted by atomic mass is 10.2. The van der Waals surface area contributed by atoms with E-state index in [1.165, 1.54) is 21.0 Å². The number of aryl methyl sites for hydroxylation is 2. The molecule has 2 aromatic rings. The molecule has 0 aliphatic rings. The van der Waals surface area contributed by atoms with Gasteiger partial charge in [-0.2, -0.15) is 0 Å². The van der Waals surface area contributed by atoms with E-state index in [-0.39, 0.29) is 0 Å². The predicted octanol–water partition coefficient (Wildman–Crippen LogP) is 3.98. The second kappa shape index (κ2) is 4.49. The van der Waals surface area contributed by atoms with Gasteiger partial charge in [0.05, 0.1) is 5.00 Å². The first-order chi connectivity index (χ1) is 7.25. The summed E-state index contributed by atoms with van der Waals surface area (Å²) in [5.74, 6) is 0. The van der Waals surface area contributed by atoms with Gasteiger partial charge in [0.15, 0.2) is 0 Å². The van der Waals surface area contributed by atoms with Crippen LogP contribution in [0.3, 0.4) is 0 Å². The molecule has 1 nitrogen and oxygen atoms in total. The van der Waals surface area contributed by atoms with Crippen LogP contribution in [0.15, 0.2) is 36.4 Å². The summed E-state index contributed by atoms with van der Waals surface area (Å²) in [6.07, 6.45) is 0. The van der Waals surface area contributed by atoms with Crippen LogP contribution in [0.1, 0.15) is 16.0 Å². The zero-order valence-corrected chi connectivity index (χ0v) is 9.90. The highest BCUT2D eigenvalue weighted by atomic mass is 32.1. The summed E-state index contributed by atoms with van der Waals surface area (Å²) in [5, 5.41) is 4.70. The molecule has 0 unspecified atom stereocenters. The van der Waals surface area contributed by atoms with Gasteiger partial charge >= 0.3 is 0 Å². The molecular formula is C13H15NS. The maximum absolute atomic E-state index is 3.44. The Morgan fingerprint density at radius 2 is 1.87 bits per heavy atom. The quantitative estimate of drug-likeness (QED) is 0.820. The molecular weight excluding hydrogens is 202 g/mol. The Bertz CT molecular complexity index is 412. The Hall–Kier alpha value is -1.28. The van der Waals surface area contributed by atoms with Crippen LogP contribution in [-0.4, -0.2) is 0 Å². The van der Waals surface area contributed by atoms with Crippen LogP contribution in [0.2, 0.25) is 0 Å². The van der Waals surface area contributed by atoms with Gasteiger partial charge in [-0.05, 0) is 31.0 Å². The van der Waals surface area contributed by atoms with Crippen molar-refractivity contribution in [3.05, 3.63) is 52.4 Å². The smallest absolute Gasteiger partial charge is 0.0890 e. The maximum Gasteiger partial charge on any atom is 0.0890 e. The maximum atomic E-state index is 3.44. The number of hydrogen-bond acceptors (Lipinski definition) is 2. The first-order valence-corrected chi connectivity index (χ1v) is 5.92. The van der Waals surface area contributed by atoms with Gasteiger partial charge in [-0.3, -0.25) is 0 Å². The van der Waals surface area contributed by atoms with E-state index in [1.54, 1.807) is 0 Å². The van der Waals surface area contributed by atoms with E-state index >= 15 is 0 Å². The van der Waals surface area contributed by atoms with Gasteiger partial charge in [0, 0.05) is 11.4 Å². The van der Waals surface area contributed by atoms with E-state index in [1.807, 2.05) is 17.4 Å². The first kappa shape index (κ1) is 10.2. The average molecular weight is 217 g/mol. The standard InChI is InChI=1S/C13H15NS/c1-10-8-13(15-11(10)2)14-9-12-6-4-3-5-7-12/h3-8,14H,9H2,1-2H3. The summed E-state index contributed by atoms with van der Waals surface area (Å²) in [5.41, 5.74) is 2.69. The highest BCUT2D eigenvalue weighted by molar-refractivity contribution is 7.16. The van der Waals surface area contributed by atoms with Crippen molar-refractivity contribution in [2.75, 3.05) is 5.32 Å². The minimum atomic E-state index is 0.903. The minimum absolute atomic E-state index is 0.903. The molecule has 1 N–H and O–H groups in total. The first-order valence-electron chi connectivity index (χ1n) is 5.10. The molecule has 78 valence electrons. The second-order valence-electron chi connectivity index (χ2n) is 3.69. The number of thiophene rings is 1. The van der Waals surface area contributed by atoms with Crippen molar-refractivity contribution in [1.82, 2.24) is 0 Å². The summed E-state index contributed by atoms with van der Waals surface area (Å²) in [4.78, 5) is 1.39. The fourth-order valence-electron chi connectivity index (χ4n) is 1.45. The Balaban J connectivity index is 1.99. The molecule has 0 aliphatic heterocycles. The summed E-state index contributed by atoms with van der Waals surface area (Å²) in [6, 6.07) is 12.7. The lowest BCUT2D eigenvalue weighted by molar-refractivity contribution is 1.16. The van der Waals surface area contributed by atoms with E-state index in [0.29, 0.717) is 0 Å². The van der Waals surface area contributed by atoms with E-state index in [9.17, 15) is 0 Å². The molecule has 0 radical (unpaired) electrons. The Morgan fingerprint density at radius 3 is 2.47 bits per heavy atom. The molecule has 2 rings (SSSR count). The lowest BCUT2D eigenvalue weighted by Crippen LogP contribution is -1.96. The number of nitrogens with one attached hydrogen (secondary N) is 1. The average Bonchev–Trinajstić information content (AvgIpc) is 2.57. The summed E-state index contributed by atoms with van der Waals surface area (Å²) in [6.45, 7) is 5.22. The van der Waals surface area contributed by atoms with Crippen LogP contribution >= 0.6 is 11.3 Å². The molecule has 15 heavy (non-hydrogen) atoms. The van der Waals surface area contributed by atoms with E-state index < -0.39 is 0 Å². The highest BCUT2D eigenvalue weighted by Gasteiger charge is 2.00. The second-order valence-corrected chi connectivity index (χ2v) is 4.95. The van der Waals surface area contributed by atoms with Gasteiger partial charge in [0.1, 0.15) is 0 Å². The minimum Gasteiger partial charge on any atom is -0.373 e. The van der Waals surface area contributed by atoms with Crippen molar-refractivity contribution in [3.8, 4) is 0 Å². The molecule has 2 heteroatoms. The third-order valence-corrected chi connectivity index (χ3v) is 3.59. The van der Waals surface area contributed by atoms with Crippen molar-refractivity contribution in [1.29, 1.82) is 0 Å². The molecule has 0 fully saturated rings. The topological polar surface area (TPSA) is 12.0 Å². The van der Waals surface area contributed by atoms with Crippen molar-refractivity contribution >= 4 is 16.3 Å². The van der Waals surface area contributed by atoms with Crippen LogP contribution in [0.4, 0.5) is 5.00 Å². The molecule has 1 heterocycles. The van der Waals surface area contributed by atoms with Gasteiger partial charge in [0.25, 0.3) is 0 Å². The van der Waals surface area contributed by atoms with Crippen molar-refractivity contribution in [2.45, 2.75) is 20.4 Å². The molecule has 1 aromatic heterocycles. The SMILES string of the molecule is Cc1cc(NCc2ccccc2)sc1C. The molecule has 0 saturated carbocycles. The van der Waals surface area contributed by atoms with Crippen LogP contribution in [0, 0.1) is 13.8 Å². The lowest BCUT2D eigenvalue weighted by Gasteiger charge is -2.02. The number of hydrogen-bond donors (Lipinski definition) is 1. The summed E-state index contributed by atoms with van der Waals surface area (Å²) in [7, 11) is 0. The molecule has 0 saturated heterocycles. The van der Waals surface area contributed by atoms with Crippen molar-refractivity contribution in [3.63, 3.8) is 0 Å². The monoisotopic (exact) mass is 217 g/mol. The highest BCUT2D eigenvalue weighted by Crippen LogP contribution is 2.25. The molecule has 0 aliphatic carbocycles. The number of benzene rings is 1. The molecule has 0 bridgehead atoms. The van der Waals surface area contributed by atoms with Crippen LogP contribution in [0.25, 0.3) is 0 Å². The van der Waals surface area contributed by atoms with Gasteiger partial charge in [-0.15, -0.1) is 11.3 Å². The fraction of sp³-hybridized carbons (Fsp3) is 0.231. The van der Waals surface area contributed by atoms with Crippen LogP contribution in [-0.2, 0) is 6.54 Å². The van der Waals surface area contributed by atoms with E-state index in [4.69, 9.17) is 0 Å². The predicted molar refractivity (Wildman–Crippen MR) is 67.6 cm³/mol. The van der Waals surface area contributed by atoms with Gasteiger partial charge in [0.2, 0.25) is 0 Å². The van der Waals surface area contributed by atoms with Gasteiger partial charge in [-0.1, -0.05) is 30.3 Å². The summed E-state index contributed by atoms with van der Waals surface area (Å²) >= 11 is 1.82. The molecule has 0 spiro atoms. The Labute approximate surface area is 94.8 Å². The Morgan fingerprint density at radius 1 is 1.13 bits per heavy atom. The fourth-order valence-corrected chi connectivity index (χ4v) is 2.38. The third kappa shape index (κ3) is 2.60.